The molecule has 0 aromatic heterocycles. The van der Waals surface area contributed by atoms with Gasteiger partial charge in [-0.15, -0.1) is 0 Å². The smallest absolute Gasteiger partial charge is 0.292 e. The van der Waals surface area contributed by atoms with Gasteiger partial charge in [0.25, 0.3) is 5.69 Å². The summed E-state index contributed by atoms with van der Waals surface area (Å²) >= 11 is 5.90. The Morgan fingerprint density at radius 1 is 1.63 bits per heavy atom. The van der Waals surface area contributed by atoms with Crippen molar-refractivity contribution in [3.8, 4) is 0 Å². The van der Waals surface area contributed by atoms with E-state index >= 15 is 0 Å². The molecule has 1 saturated heterocycles. The zero-order valence-corrected chi connectivity index (χ0v) is 11.6. The predicted molar refractivity (Wildman–Crippen MR) is 76.8 cm³/mol. The summed E-state index contributed by atoms with van der Waals surface area (Å²) in [6.45, 7) is 3.10. The van der Waals surface area contributed by atoms with Crippen molar-refractivity contribution < 1.29 is 4.92 Å². The molecule has 2 unspecified atom stereocenters. The summed E-state index contributed by atoms with van der Waals surface area (Å²) in [5.74, 6) is 0. The SMILES string of the molecule is CC(CC1CCCN1)Nc1cc(Cl)ccc1[N+](=O)[O-]. The van der Waals surface area contributed by atoms with Gasteiger partial charge >= 0.3 is 0 Å². The highest BCUT2D eigenvalue weighted by atomic mass is 35.5. The van der Waals surface area contributed by atoms with Gasteiger partial charge in [0.15, 0.2) is 0 Å². The van der Waals surface area contributed by atoms with Crippen LogP contribution in [0.15, 0.2) is 18.2 Å². The number of nitrogens with zero attached hydrogens (tertiary/aromatic N) is 1. The number of hydrogen-bond acceptors (Lipinski definition) is 4. The van der Waals surface area contributed by atoms with Gasteiger partial charge < -0.3 is 10.6 Å². The molecule has 0 aliphatic carbocycles. The van der Waals surface area contributed by atoms with Crippen LogP contribution in [0.3, 0.4) is 0 Å². The van der Waals surface area contributed by atoms with E-state index in [9.17, 15) is 10.1 Å². The zero-order valence-electron chi connectivity index (χ0n) is 10.9. The lowest BCUT2D eigenvalue weighted by atomic mass is 10.1. The van der Waals surface area contributed by atoms with Crippen molar-refractivity contribution in [2.24, 2.45) is 0 Å². The number of nitro groups is 1. The van der Waals surface area contributed by atoms with E-state index in [1.807, 2.05) is 6.92 Å². The molecule has 5 nitrogen and oxygen atoms in total. The van der Waals surface area contributed by atoms with Gasteiger partial charge in [0.2, 0.25) is 0 Å². The van der Waals surface area contributed by atoms with Crippen LogP contribution in [-0.4, -0.2) is 23.6 Å². The van der Waals surface area contributed by atoms with E-state index in [-0.39, 0.29) is 16.7 Å². The maximum atomic E-state index is 11.0. The fourth-order valence-electron chi connectivity index (χ4n) is 2.49. The first-order valence-electron chi connectivity index (χ1n) is 6.50. The van der Waals surface area contributed by atoms with E-state index in [0.29, 0.717) is 16.8 Å². The molecule has 1 heterocycles. The molecule has 0 saturated carbocycles. The van der Waals surface area contributed by atoms with Crippen LogP contribution >= 0.6 is 11.6 Å². The van der Waals surface area contributed by atoms with Crippen molar-refractivity contribution in [3.05, 3.63) is 33.3 Å². The molecule has 1 aromatic carbocycles. The molecule has 19 heavy (non-hydrogen) atoms. The number of rotatable bonds is 5. The molecule has 6 heteroatoms. The van der Waals surface area contributed by atoms with Crippen LogP contribution in [0.4, 0.5) is 11.4 Å². The Bertz CT molecular complexity index is 461. The van der Waals surface area contributed by atoms with Crippen molar-refractivity contribution in [3.63, 3.8) is 0 Å². The van der Waals surface area contributed by atoms with E-state index in [1.54, 1.807) is 6.07 Å². The molecule has 104 valence electrons. The molecule has 0 radical (unpaired) electrons. The van der Waals surface area contributed by atoms with Gasteiger partial charge in [0.05, 0.1) is 4.92 Å². The van der Waals surface area contributed by atoms with Gasteiger partial charge in [-0.3, -0.25) is 10.1 Å². The first kappa shape index (κ1) is 14.1. The van der Waals surface area contributed by atoms with E-state index < -0.39 is 0 Å². The quantitative estimate of drug-likeness (QED) is 0.643. The van der Waals surface area contributed by atoms with Gasteiger partial charge in [0, 0.05) is 23.2 Å². The number of benzene rings is 1. The molecule has 0 amide bonds. The molecule has 0 bridgehead atoms. The molecular formula is C13H18ClN3O2. The van der Waals surface area contributed by atoms with E-state index in [0.717, 1.165) is 13.0 Å². The fraction of sp³-hybridized carbons (Fsp3) is 0.538. The first-order valence-corrected chi connectivity index (χ1v) is 6.88. The lowest BCUT2D eigenvalue weighted by molar-refractivity contribution is -0.384. The summed E-state index contributed by atoms with van der Waals surface area (Å²) in [4.78, 5) is 10.6. The minimum Gasteiger partial charge on any atom is -0.377 e. The summed E-state index contributed by atoms with van der Waals surface area (Å²) in [6, 6.07) is 5.24. The summed E-state index contributed by atoms with van der Waals surface area (Å²) in [5.41, 5.74) is 0.554. The zero-order chi connectivity index (χ0) is 13.8. The third-order valence-corrected chi connectivity index (χ3v) is 3.59. The Morgan fingerprint density at radius 2 is 2.42 bits per heavy atom. The topological polar surface area (TPSA) is 67.2 Å². The maximum absolute atomic E-state index is 11.0. The van der Waals surface area contributed by atoms with Crippen LogP contribution in [0, 0.1) is 10.1 Å². The highest BCUT2D eigenvalue weighted by Crippen LogP contribution is 2.28. The van der Waals surface area contributed by atoms with Crippen molar-refractivity contribution in [2.45, 2.75) is 38.3 Å². The van der Waals surface area contributed by atoms with E-state index in [4.69, 9.17) is 11.6 Å². The van der Waals surface area contributed by atoms with Crippen LogP contribution in [-0.2, 0) is 0 Å². The minimum atomic E-state index is -0.390. The largest absolute Gasteiger partial charge is 0.377 e. The van der Waals surface area contributed by atoms with Gasteiger partial charge in [-0.1, -0.05) is 11.6 Å². The lowest BCUT2D eigenvalue weighted by Gasteiger charge is -2.19. The highest BCUT2D eigenvalue weighted by Gasteiger charge is 2.20. The standard InChI is InChI=1S/C13H18ClN3O2/c1-9(7-11-3-2-6-15-11)16-12-8-10(14)4-5-13(12)17(18)19/h4-5,8-9,11,15-16H,2-3,6-7H2,1H3. The number of anilines is 1. The normalized spacial score (nSPS) is 20.2. The second-order valence-electron chi connectivity index (χ2n) is 4.99. The van der Waals surface area contributed by atoms with Crippen LogP contribution in [0.5, 0.6) is 0 Å². The van der Waals surface area contributed by atoms with Crippen molar-refractivity contribution in [1.29, 1.82) is 0 Å². The fourth-order valence-corrected chi connectivity index (χ4v) is 2.66. The Hall–Kier alpha value is -1.33. The Morgan fingerprint density at radius 3 is 3.05 bits per heavy atom. The van der Waals surface area contributed by atoms with Gasteiger partial charge in [-0.05, 0) is 44.9 Å². The monoisotopic (exact) mass is 283 g/mol. The average Bonchev–Trinajstić information content (AvgIpc) is 2.81. The molecule has 1 aromatic rings. The van der Waals surface area contributed by atoms with Crippen LogP contribution in [0.1, 0.15) is 26.2 Å². The summed E-state index contributed by atoms with van der Waals surface area (Å²) in [6.07, 6.45) is 3.32. The van der Waals surface area contributed by atoms with Gasteiger partial charge in [-0.25, -0.2) is 0 Å². The summed E-state index contributed by atoms with van der Waals surface area (Å²) in [7, 11) is 0. The number of halogens is 1. The maximum Gasteiger partial charge on any atom is 0.292 e. The van der Waals surface area contributed by atoms with Crippen LogP contribution in [0.2, 0.25) is 5.02 Å². The summed E-state index contributed by atoms with van der Waals surface area (Å²) in [5, 5.41) is 18.1. The predicted octanol–water partition coefficient (Wildman–Crippen LogP) is 3.19. The van der Waals surface area contributed by atoms with Gasteiger partial charge in [-0.2, -0.15) is 0 Å². The number of nitro benzene ring substituents is 1. The molecule has 2 atom stereocenters. The first-order chi connectivity index (χ1) is 9.06. The van der Waals surface area contributed by atoms with Crippen LogP contribution < -0.4 is 10.6 Å². The van der Waals surface area contributed by atoms with E-state index in [2.05, 4.69) is 10.6 Å². The Labute approximate surface area is 117 Å². The molecule has 1 aliphatic heterocycles. The number of hydrogen-bond donors (Lipinski definition) is 2. The lowest BCUT2D eigenvalue weighted by Crippen LogP contribution is -2.29. The van der Waals surface area contributed by atoms with Crippen LogP contribution in [0.25, 0.3) is 0 Å². The highest BCUT2D eigenvalue weighted by molar-refractivity contribution is 6.31. The Kier molecular flexibility index (Phi) is 4.61. The molecule has 1 fully saturated rings. The van der Waals surface area contributed by atoms with Crippen molar-refractivity contribution in [1.82, 2.24) is 5.32 Å². The molecule has 0 spiro atoms. The third-order valence-electron chi connectivity index (χ3n) is 3.36. The molecular weight excluding hydrogens is 266 g/mol. The summed E-state index contributed by atoms with van der Waals surface area (Å²) < 4.78 is 0. The van der Waals surface area contributed by atoms with E-state index in [1.165, 1.54) is 25.0 Å². The van der Waals surface area contributed by atoms with Gasteiger partial charge in [0.1, 0.15) is 5.69 Å². The Balaban J connectivity index is 2.04. The van der Waals surface area contributed by atoms with Crippen molar-refractivity contribution in [2.75, 3.05) is 11.9 Å². The molecule has 2 N–H and O–H groups in total. The second-order valence-corrected chi connectivity index (χ2v) is 5.43. The van der Waals surface area contributed by atoms with Crippen molar-refractivity contribution >= 4 is 23.0 Å². The average molecular weight is 284 g/mol. The molecule has 2 rings (SSSR count). The minimum absolute atomic E-state index is 0.0654. The second kappa shape index (κ2) is 6.21. The molecule has 1 aliphatic rings. The third kappa shape index (κ3) is 3.81. The number of nitrogens with one attached hydrogen (secondary N) is 2.